The highest BCUT2D eigenvalue weighted by molar-refractivity contribution is 5.99. The Hall–Kier alpha value is -3.58. The van der Waals surface area contributed by atoms with Crippen LogP contribution >= 0.6 is 0 Å². The molecule has 0 saturated heterocycles. The normalized spacial score (nSPS) is 11.2. The van der Waals surface area contributed by atoms with Crippen molar-refractivity contribution in [2.75, 3.05) is 19.0 Å². The number of aromatic hydroxyl groups is 1. The Morgan fingerprint density at radius 3 is 2.80 bits per heavy atom. The highest BCUT2D eigenvalue weighted by Gasteiger charge is 2.13. The smallest absolute Gasteiger partial charge is 0.271 e. The molecule has 0 bridgehead atoms. The summed E-state index contributed by atoms with van der Waals surface area (Å²) in [6, 6.07) is 13.3. The van der Waals surface area contributed by atoms with Crippen LogP contribution in [0.4, 0.5) is 11.4 Å². The summed E-state index contributed by atoms with van der Waals surface area (Å²) >= 11 is 0. The molecule has 4 aromatic rings. The Bertz CT molecular complexity index is 1270. The molecule has 0 atom stereocenters. The molecule has 0 saturated carbocycles. The van der Waals surface area contributed by atoms with E-state index in [0.717, 1.165) is 34.3 Å². The third-order valence-corrected chi connectivity index (χ3v) is 5.24. The average Bonchev–Trinajstić information content (AvgIpc) is 3.15. The van der Waals surface area contributed by atoms with Crippen molar-refractivity contribution in [2.45, 2.75) is 13.5 Å². The zero-order valence-corrected chi connectivity index (χ0v) is 17.2. The van der Waals surface area contributed by atoms with E-state index >= 15 is 0 Å². The first kappa shape index (κ1) is 19.7. The maximum atomic E-state index is 12.3. The number of rotatable bonds is 6. The van der Waals surface area contributed by atoms with Crippen LogP contribution in [0.3, 0.4) is 0 Å². The average molecular weight is 404 g/mol. The molecular weight excluding hydrogens is 380 g/mol. The summed E-state index contributed by atoms with van der Waals surface area (Å²) in [4.78, 5) is 12.3. The third kappa shape index (κ3) is 3.67. The van der Waals surface area contributed by atoms with Gasteiger partial charge in [0.2, 0.25) is 0 Å². The van der Waals surface area contributed by atoms with Gasteiger partial charge in [0.1, 0.15) is 5.75 Å². The van der Waals surface area contributed by atoms with Crippen LogP contribution in [-0.2, 0) is 18.3 Å². The number of ether oxygens (including phenoxy) is 1. The summed E-state index contributed by atoms with van der Waals surface area (Å²) in [6.07, 6.45) is 3.68. The lowest BCUT2D eigenvalue weighted by Gasteiger charge is -2.14. The van der Waals surface area contributed by atoms with Gasteiger partial charge in [0, 0.05) is 43.5 Å². The molecule has 154 valence electrons. The largest absolute Gasteiger partial charge is 0.508 e. The van der Waals surface area contributed by atoms with Crippen LogP contribution < -0.4 is 10.9 Å². The zero-order valence-electron chi connectivity index (χ0n) is 17.2. The van der Waals surface area contributed by atoms with E-state index in [1.807, 2.05) is 30.5 Å². The topological polar surface area (TPSA) is 81.3 Å². The summed E-state index contributed by atoms with van der Waals surface area (Å²) < 4.78 is 8.69. The van der Waals surface area contributed by atoms with Crippen molar-refractivity contribution in [2.24, 2.45) is 7.05 Å². The van der Waals surface area contributed by atoms with Gasteiger partial charge in [-0.15, -0.1) is 0 Å². The molecule has 0 spiro atoms. The first-order chi connectivity index (χ1) is 14.5. The fourth-order valence-electron chi connectivity index (χ4n) is 3.60. The molecule has 0 unspecified atom stereocenters. The van der Waals surface area contributed by atoms with Crippen molar-refractivity contribution in [3.63, 3.8) is 0 Å². The lowest BCUT2D eigenvalue weighted by Crippen LogP contribution is -2.22. The predicted octanol–water partition coefficient (Wildman–Crippen LogP) is 3.81. The van der Waals surface area contributed by atoms with Gasteiger partial charge in [-0.25, -0.2) is 4.68 Å². The number of methoxy groups -OCH3 is 1. The van der Waals surface area contributed by atoms with Crippen LogP contribution in [0.25, 0.3) is 22.0 Å². The van der Waals surface area contributed by atoms with E-state index in [4.69, 9.17) is 4.74 Å². The molecule has 2 N–H and O–H groups in total. The van der Waals surface area contributed by atoms with E-state index in [1.165, 1.54) is 4.68 Å². The molecule has 0 fully saturated rings. The fraction of sp³-hybridized carbons (Fsp3) is 0.217. The van der Waals surface area contributed by atoms with Gasteiger partial charge in [-0.05, 0) is 48.4 Å². The van der Waals surface area contributed by atoms with Crippen molar-refractivity contribution in [1.82, 2.24) is 14.3 Å². The molecule has 4 rings (SSSR count). The number of anilines is 2. The zero-order chi connectivity index (χ0) is 21.3. The van der Waals surface area contributed by atoms with E-state index in [-0.39, 0.29) is 11.3 Å². The Morgan fingerprint density at radius 2 is 2.03 bits per heavy atom. The number of aryl methyl sites for hydroxylation is 1. The Kier molecular flexibility index (Phi) is 5.29. The van der Waals surface area contributed by atoms with Gasteiger partial charge < -0.3 is 19.7 Å². The summed E-state index contributed by atoms with van der Waals surface area (Å²) in [5, 5.41) is 18.5. The fourth-order valence-corrected chi connectivity index (χ4v) is 3.60. The summed E-state index contributed by atoms with van der Waals surface area (Å²) in [6.45, 7) is 3.10. The van der Waals surface area contributed by atoms with Crippen LogP contribution in [0.5, 0.6) is 5.75 Å². The first-order valence-corrected chi connectivity index (χ1v) is 9.69. The number of phenols is 1. The van der Waals surface area contributed by atoms with Gasteiger partial charge in [-0.1, -0.05) is 12.1 Å². The van der Waals surface area contributed by atoms with Crippen LogP contribution in [0, 0.1) is 6.92 Å². The Balaban J connectivity index is 1.87. The van der Waals surface area contributed by atoms with Crippen LogP contribution in [0.15, 0.2) is 59.7 Å². The van der Waals surface area contributed by atoms with Crippen LogP contribution in [-0.4, -0.2) is 33.2 Å². The summed E-state index contributed by atoms with van der Waals surface area (Å²) in [5.41, 5.74) is 4.87. The molecule has 2 heterocycles. The molecule has 0 aliphatic rings. The molecule has 7 heteroatoms. The minimum atomic E-state index is -0.141. The second-order valence-electron chi connectivity index (χ2n) is 7.25. The van der Waals surface area contributed by atoms with Gasteiger partial charge in [-0.3, -0.25) is 4.79 Å². The molecule has 0 aliphatic heterocycles. The standard InChI is InChI=1S/C23H24N4O3/c1-15-21(14-24-26(2)23(15)29)25-17-12-20(16-5-4-6-18(28)11-16)19-7-8-27(9-10-30-3)22(19)13-17/h4-8,11-14,25,28H,9-10H2,1-3H3. The number of nitrogens with one attached hydrogen (secondary N) is 1. The van der Waals surface area contributed by atoms with E-state index in [9.17, 15) is 9.90 Å². The lowest BCUT2D eigenvalue weighted by molar-refractivity contribution is 0.188. The molecule has 7 nitrogen and oxygen atoms in total. The molecule has 0 amide bonds. The summed E-state index contributed by atoms with van der Waals surface area (Å²) in [5.74, 6) is 0.212. The van der Waals surface area contributed by atoms with Crippen LogP contribution in [0.2, 0.25) is 0 Å². The van der Waals surface area contributed by atoms with Crippen molar-refractivity contribution >= 4 is 22.3 Å². The van der Waals surface area contributed by atoms with Crippen LogP contribution in [0.1, 0.15) is 5.56 Å². The Morgan fingerprint density at radius 1 is 1.20 bits per heavy atom. The van der Waals surface area contributed by atoms with Gasteiger partial charge in [0.05, 0.1) is 24.0 Å². The molecular formula is C23H24N4O3. The molecule has 2 aromatic carbocycles. The van der Waals surface area contributed by atoms with Gasteiger partial charge in [-0.2, -0.15) is 5.10 Å². The summed E-state index contributed by atoms with van der Waals surface area (Å²) in [7, 11) is 3.32. The maximum absolute atomic E-state index is 12.3. The van der Waals surface area contributed by atoms with Crippen molar-refractivity contribution < 1.29 is 9.84 Å². The molecule has 30 heavy (non-hydrogen) atoms. The van der Waals surface area contributed by atoms with Crippen molar-refractivity contribution in [3.8, 4) is 16.9 Å². The number of hydrogen-bond donors (Lipinski definition) is 2. The maximum Gasteiger partial charge on any atom is 0.271 e. The van der Waals surface area contributed by atoms with Crippen molar-refractivity contribution in [1.29, 1.82) is 0 Å². The number of nitrogens with zero attached hydrogens (tertiary/aromatic N) is 3. The minimum absolute atomic E-state index is 0.141. The number of benzene rings is 2. The number of phenolic OH excluding ortho intramolecular Hbond substituents is 1. The first-order valence-electron chi connectivity index (χ1n) is 9.69. The molecule has 2 aromatic heterocycles. The number of hydrogen-bond acceptors (Lipinski definition) is 5. The van der Waals surface area contributed by atoms with Gasteiger partial charge in [0.15, 0.2) is 0 Å². The predicted molar refractivity (Wildman–Crippen MR) is 118 cm³/mol. The van der Waals surface area contributed by atoms with E-state index in [0.29, 0.717) is 17.9 Å². The van der Waals surface area contributed by atoms with Gasteiger partial charge in [0.25, 0.3) is 5.56 Å². The Labute approximate surface area is 174 Å². The van der Waals surface area contributed by atoms with Gasteiger partial charge >= 0.3 is 0 Å². The van der Waals surface area contributed by atoms with Crippen molar-refractivity contribution in [3.05, 3.63) is 70.8 Å². The van der Waals surface area contributed by atoms with E-state index < -0.39 is 0 Å². The highest BCUT2D eigenvalue weighted by atomic mass is 16.5. The van der Waals surface area contributed by atoms with E-state index in [1.54, 1.807) is 39.4 Å². The highest BCUT2D eigenvalue weighted by Crippen LogP contribution is 2.35. The second-order valence-corrected chi connectivity index (χ2v) is 7.25. The quantitative estimate of drug-likeness (QED) is 0.511. The van der Waals surface area contributed by atoms with E-state index in [2.05, 4.69) is 21.0 Å². The lowest BCUT2D eigenvalue weighted by atomic mass is 10.0. The molecule has 0 aliphatic carbocycles. The monoisotopic (exact) mass is 404 g/mol. The number of fused-ring (bicyclic) bond motifs is 1. The molecule has 0 radical (unpaired) electrons. The minimum Gasteiger partial charge on any atom is -0.508 e. The third-order valence-electron chi connectivity index (χ3n) is 5.24. The number of aromatic nitrogens is 3. The second kappa shape index (κ2) is 8.04. The SMILES string of the molecule is COCCn1ccc2c(-c3cccc(O)c3)cc(Nc3cnn(C)c(=O)c3C)cc21.